The van der Waals surface area contributed by atoms with Gasteiger partial charge < -0.3 is 29.9 Å². The average molecular weight is 569 g/mol. The molecule has 2 aliphatic heterocycles. The third-order valence-electron chi connectivity index (χ3n) is 8.64. The first-order valence-electron chi connectivity index (χ1n) is 16.6. The van der Waals surface area contributed by atoms with Crippen LogP contribution < -0.4 is 0 Å². The number of rotatable bonds is 24. The molecule has 2 rings (SSSR count). The summed E-state index contributed by atoms with van der Waals surface area (Å²) in [5, 5.41) is 41.2. The summed E-state index contributed by atoms with van der Waals surface area (Å²) in [7, 11) is 0. The van der Waals surface area contributed by atoms with Gasteiger partial charge in [0.2, 0.25) is 0 Å². The number of aliphatic hydroxyl groups excluding tert-OH is 4. The smallest absolute Gasteiger partial charge is 0.334 e. The van der Waals surface area contributed by atoms with Crippen molar-refractivity contribution in [3.63, 3.8) is 0 Å². The van der Waals surface area contributed by atoms with Gasteiger partial charge in [-0.15, -0.1) is 0 Å². The topological polar surface area (TPSA) is 116 Å². The van der Waals surface area contributed by atoms with Gasteiger partial charge in [0.15, 0.2) is 0 Å². The van der Waals surface area contributed by atoms with E-state index < -0.39 is 24.4 Å². The number of hydrogen-bond donors (Lipinski definition) is 4. The maximum atomic E-state index is 11.6. The molecule has 0 aliphatic carbocycles. The number of ether oxygens (including phenoxy) is 2. The first-order chi connectivity index (χ1) is 19.3. The van der Waals surface area contributed by atoms with Gasteiger partial charge in [-0.05, 0) is 57.9 Å². The molecule has 0 spiro atoms. The van der Waals surface area contributed by atoms with Gasteiger partial charge in [-0.3, -0.25) is 0 Å². The first-order valence-corrected chi connectivity index (χ1v) is 16.6. The second kappa shape index (κ2) is 20.8. The zero-order valence-electron chi connectivity index (χ0n) is 25.5. The van der Waals surface area contributed by atoms with Crippen LogP contribution in [0.1, 0.15) is 149 Å². The van der Waals surface area contributed by atoms with E-state index in [1.807, 2.05) is 13.0 Å². The fraction of sp³-hybridized carbons (Fsp3) is 0.909. The predicted octanol–water partition coefficient (Wildman–Crippen LogP) is 6.28. The number of hydrogen-bond acceptors (Lipinski definition) is 7. The minimum Gasteiger partial charge on any atom is -0.455 e. The van der Waals surface area contributed by atoms with Crippen LogP contribution in [0.4, 0.5) is 0 Å². The highest BCUT2D eigenvalue weighted by atomic mass is 16.5. The van der Waals surface area contributed by atoms with Crippen molar-refractivity contribution in [3.05, 3.63) is 11.6 Å². The largest absolute Gasteiger partial charge is 0.455 e. The molecule has 7 nitrogen and oxygen atoms in total. The summed E-state index contributed by atoms with van der Waals surface area (Å²) in [5.74, 6) is -0.282. The molecule has 40 heavy (non-hydrogen) atoms. The van der Waals surface area contributed by atoms with E-state index in [2.05, 4.69) is 6.92 Å². The van der Waals surface area contributed by atoms with Crippen LogP contribution in [-0.2, 0) is 14.3 Å². The molecule has 0 aromatic carbocycles. The Balaban J connectivity index is 1.40. The van der Waals surface area contributed by atoms with E-state index in [1.54, 1.807) is 0 Å². The Morgan fingerprint density at radius 2 is 1.38 bits per heavy atom. The van der Waals surface area contributed by atoms with Gasteiger partial charge in [0.25, 0.3) is 0 Å². The zero-order chi connectivity index (χ0) is 29.2. The molecular weight excluding hydrogens is 508 g/mol. The molecule has 0 radical (unpaired) electrons. The Morgan fingerprint density at radius 1 is 0.775 bits per heavy atom. The van der Waals surface area contributed by atoms with Crippen LogP contribution in [0.25, 0.3) is 0 Å². The molecular formula is C33H60O7. The monoisotopic (exact) mass is 568 g/mol. The molecule has 1 fully saturated rings. The number of unbranched alkanes of at least 4 members (excludes halogenated alkanes) is 11. The summed E-state index contributed by atoms with van der Waals surface area (Å²) in [4.78, 5) is 11.6. The molecule has 234 valence electrons. The van der Waals surface area contributed by atoms with Crippen molar-refractivity contribution in [2.45, 2.75) is 191 Å². The van der Waals surface area contributed by atoms with Gasteiger partial charge in [-0.1, -0.05) is 90.4 Å². The van der Waals surface area contributed by atoms with Gasteiger partial charge >= 0.3 is 5.97 Å². The quantitative estimate of drug-likeness (QED) is 0.0800. The number of aliphatic hydroxyl groups is 4. The Morgan fingerprint density at radius 3 is 2.02 bits per heavy atom. The lowest BCUT2D eigenvalue weighted by molar-refractivity contribution is -0.139. The summed E-state index contributed by atoms with van der Waals surface area (Å²) in [6.45, 7) is 4.02. The number of cyclic esters (lactones) is 1. The van der Waals surface area contributed by atoms with Crippen LogP contribution in [-0.4, -0.2) is 69.1 Å². The van der Waals surface area contributed by atoms with E-state index in [0.717, 1.165) is 57.8 Å². The van der Waals surface area contributed by atoms with Crippen molar-refractivity contribution in [1.29, 1.82) is 0 Å². The van der Waals surface area contributed by atoms with E-state index in [-0.39, 0.29) is 24.3 Å². The molecule has 0 saturated carbocycles. The molecule has 2 heterocycles. The predicted molar refractivity (Wildman–Crippen MR) is 159 cm³/mol. The third kappa shape index (κ3) is 14.8. The second-order valence-corrected chi connectivity index (χ2v) is 12.4. The van der Waals surface area contributed by atoms with Crippen molar-refractivity contribution in [3.8, 4) is 0 Å². The van der Waals surface area contributed by atoms with Crippen molar-refractivity contribution in [2.24, 2.45) is 0 Å². The van der Waals surface area contributed by atoms with Gasteiger partial charge in [0, 0.05) is 12.0 Å². The lowest BCUT2D eigenvalue weighted by Gasteiger charge is -2.22. The fourth-order valence-electron chi connectivity index (χ4n) is 6.05. The number of carbonyl (C=O) groups is 1. The standard InChI is InChI=1S/C33H60O7/c1-3-4-5-10-15-18-29(35)30(36)20-21-31(37)32-22-19-28(40-32)17-14-12-9-7-6-8-11-13-16-27(34)24-26-23-25(2)39-33(26)38/h23,25,27-32,34-37H,3-22,24H2,1-2H3/t25-,27+,28?,29?,30?,31+,32-/m0/s1. The summed E-state index contributed by atoms with van der Waals surface area (Å²) >= 11 is 0. The van der Waals surface area contributed by atoms with Gasteiger partial charge in [0.05, 0.1) is 36.6 Å². The van der Waals surface area contributed by atoms with Crippen LogP contribution in [0.2, 0.25) is 0 Å². The minimum absolute atomic E-state index is 0.144. The molecule has 1 saturated heterocycles. The van der Waals surface area contributed by atoms with Gasteiger partial charge in [0.1, 0.15) is 6.10 Å². The summed E-state index contributed by atoms with van der Waals surface area (Å²) in [6, 6.07) is 0. The highest BCUT2D eigenvalue weighted by Gasteiger charge is 2.31. The van der Waals surface area contributed by atoms with Crippen LogP contribution in [0.15, 0.2) is 11.6 Å². The van der Waals surface area contributed by atoms with Gasteiger partial charge in [-0.2, -0.15) is 0 Å². The fourth-order valence-corrected chi connectivity index (χ4v) is 6.05. The van der Waals surface area contributed by atoms with Crippen molar-refractivity contribution in [1.82, 2.24) is 0 Å². The molecule has 3 unspecified atom stereocenters. The lowest BCUT2D eigenvalue weighted by atomic mass is 9.98. The van der Waals surface area contributed by atoms with E-state index in [9.17, 15) is 25.2 Å². The van der Waals surface area contributed by atoms with Crippen LogP contribution in [0.5, 0.6) is 0 Å². The molecule has 4 N–H and O–H groups in total. The normalized spacial score (nSPS) is 24.1. The minimum atomic E-state index is -0.768. The van der Waals surface area contributed by atoms with Gasteiger partial charge in [-0.25, -0.2) is 4.79 Å². The third-order valence-corrected chi connectivity index (χ3v) is 8.64. The van der Waals surface area contributed by atoms with E-state index >= 15 is 0 Å². The molecule has 7 heteroatoms. The Hall–Kier alpha value is -0.990. The van der Waals surface area contributed by atoms with Crippen LogP contribution in [0.3, 0.4) is 0 Å². The zero-order valence-corrected chi connectivity index (χ0v) is 25.5. The van der Waals surface area contributed by atoms with Crippen molar-refractivity contribution in [2.75, 3.05) is 0 Å². The average Bonchev–Trinajstić information content (AvgIpc) is 3.53. The molecule has 2 aliphatic rings. The molecule has 7 atom stereocenters. The Labute approximate surface area is 243 Å². The molecule has 0 bridgehead atoms. The number of esters is 1. The van der Waals surface area contributed by atoms with Crippen molar-refractivity contribution < 1.29 is 34.7 Å². The van der Waals surface area contributed by atoms with Crippen LogP contribution >= 0.6 is 0 Å². The summed E-state index contributed by atoms with van der Waals surface area (Å²) < 4.78 is 11.2. The highest BCUT2D eigenvalue weighted by molar-refractivity contribution is 5.90. The highest BCUT2D eigenvalue weighted by Crippen LogP contribution is 2.28. The number of carbonyl (C=O) groups excluding carboxylic acids is 1. The van der Waals surface area contributed by atoms with E-state index in [0.29, 0.717) is 31.3 Å². The van der Waals surface area contributed by atoms with Crippen molar-refractivity contribution >= 4 is 5.97 Å². The van der Waals surface area contributed by atoms with E-state index in [1.165, 1.54) is 51.4 Å². The SMILES string of the molecule is CCCCCCCC(O)C(O)CC[C@@H](O)[C@@H]1CCC(CCCCCCCCCC[C@@H](O)CC2=C[C@H](C)OC2=O)O1. The lowest BCUT2D eigenvalue weighted by Crippen LogP contribution is -2.31. The Bertz CT molecular complexity index is 696. The summed E-state index contributed by atoms with van der Waals surface area (Å²) in [5.41, 5.74) is 0.615. The molecule has 0 aromatic rings. The Kier molecular flexibility index (Phi) is 18.3. The molecule has 0 amide bonds. The second-order valence-electron chi connectivity index (χ2n) is 12.4. The van der Waals surface area contributed by atoms with E-state index in [4.69, 9.17) is 9.47 Å². The maximum Gasteiger partial charge on any atom is 0.334 e. The molecule has 0 aromatic heterocycles. The first kappa shape index (κ1) is 35.2. The summed E-state index contributed by atoms with van der Waals surface area (Å²) in [6.07, 6.45) is 19.8. The van der Waals surface area contributed by atoms with Crippen LogP contribution in [0, 0.1) is 0 Å². The maximum absolute atomic E-state index is 11.6.